The average molecular weight is 354 g/mol. The van der Waals surface area contributed by atoms with E-state index >= 15 is 0 Å². The maximum atomic E-state index is 5.25. The summed E-state index contributed by atoms with van der Waals surface area (Å²) in [6, 6.07) is 8.96. The predicted octanol–water partition coefficient (Wildman–Crippen LogP) is 3.42. The van der Waals surface area contributed by atoms with E-state index in [9.17, 15) is 0 Å². The highest BCUT2D eigenvalue weighted by molar-refractivity contribution is 9.10. The second-order valence-corrected chi connectivity index (χ2v) is 6.79. The Balaban J connectivity index is 1.45. The standard InChI is InChI=1S/C14H16BrN3OS/c15-10-1-5-12(6-2-10)20-9-13-17-14(19-18-13)7-8-16-11-3-4-11/h1-2,5-6,11,16H,3-4,7-9H2. The Kier molecular flexibility index (Phi) is 4.75. The first-order chi connectivity index (χ1) is 9.79. The number of nitrogens with zero attached hydrogens (tertiary/aromatic N) is 2. The van der Waals surface area contributed by atoms with Crippen molar-refractivity contribution in [3.05, 3.63) is 40.5 Å². The topological polar surface area (TPSA) is 51.0 Å². The first-order valence-corrected chi connectivity index (χ1v) is 8.51. The lowest BCUT2D eigenvalue weighted by Crippen LogP contribution is -2.19. The number of rotatable bonds is 7. The minimum absolute atomic E-state index is 0.726. The zero-order chi connectivity index (χ0) is 13.8. The van der Waals surface area contributed by atoms with Crippen molar-refractivity contribution >= 4 is 27.7 Å². The minimum Gasteiger partial charge on any atom is -0.339 e. The van der Waals surface area contributed by atoms with Crippen LogP contribution in [0.15, 0.2) is 38.2 Å². The molecule has 2 aromatic rings. The molecule has 0 saturated heterocycles. The number of benzene rings is 1. The van der Waals surface area contributed by atoms with Crippen molar-refractivity contribution in [2.24, 2.45) is 0 Å². The van der Waals surface area contributed by atoms with Gasteiger partial charge in [-0.15, -0.1) is 11.8 Å². The zero-order valence-electron chi connectivity index (χ0n) is 11.0. The second kappa shape index (κ2) is 6.74. The molecule has 4 nitrogen and oxygen atoms in total. The Morgan fingerprint density at radius 3 is 2.85 bits per heavy atom. The first kappa shape index (κ1) is 14.1. The van der Waals surface area contributed by atoms with Crippen molar-refractivity contribution in [2.75, 3.05) is 6.54 Å². The third kappa shape index (κ3) is 4.33. The van der Waals surface area contributed by atoms with Crippen LogP contribution in [0.25, 0.3) is 0 Å². The van der Waals surface area contributed by atoms with E-state index in [4.69, 9.17) is 4.52 Å². The Morgan fingerprint density at radius 1 is 1.30 bits per heavy atom. The molecule has 0 unspecified atom stereocenters. The summed E-state index contributed by atoms with van der Waals surface area (Å²) in [7, 11) is 0. The predicted molar refractivity (Wildman–Crippen MR) is 82.7 cm³/mol. The lowest BCUT2D eigenvalue weighted by Gasteiger charge is -1.98. The van der Waals surface area contributed by atoms with Gasteiger partial charge in [0, 0.05) is 28.4 Å². The third-order valence-electron chi connectivity index (χ3n) is 3.04. The molecule has 3 rings (SSSR count). The molecule has 1 N–H and O–H groups in total. The molecule has 0 amide bonds. The lowest BCUT2D eigenvalue weighted by molar-refractivity contribution is 0.372. The summed E-state index contributed by atoms with van der Waals surface area (Å²) in [6.45, 7) is 0.923. The molecule has 1 aliphatic rings. The highest BCUT2D eigenvalue weighted by Crippen LogP contribution is 2.23. The number of thioether (sulfide) groups is 1. The third-order valence-corrected chi connectivity index (χ3v) is 4.58. The number of aromatic nitrogens is 2. The fourth-order valence-electron chi connectivity index (χ4n) is 1.80. The largest absolute Gasteiger partial charge is 0.339 e. The smallest absolute Gasteiger partial charge is 0.227 e. The van der Waals surface area contributed by atoms with Crippen LogP contribution in [0.5, 0.6) is 0 Å². The summed E-state index contributed by atoms with van der Waals surface area (Å²) >= 11 is 5.14. The van der Waals surface area contributed by atoms with Gasteiger partial charge in [0.25, 0.3) is 0 Å². The van der Waals surface area contributed by atoms with E-state index in [0.717, 1.165) is 40.9 Å². The van der Waals surface area contributed by atoms with Crippen molar-refractivity contribution in [1.29, 1.82) is 0 Å². The van der Waals surface area contributed by atoms with Gasteiger partial charge < -0.3 is 9.84 Å². The highest BCUT2D eigenvalue weighted by atomic mass is 79.9. The van der Waals surface area contributed by atoms with Gasteiger partial charge in [0.1, 0.15) is 0 Å². The normalized spacial score (nSPS) is 14.7. The summed E-state index contributed by atoms with van der Waals surface area (Å²) in [5, 5.41) is 7.46. The SMILES string of the molecule is Brc1ccc(SCc2noc(CCNC3CC3)n2)cc1. The fraction of sp³-hybridized carbons (Fsp3) is 0.429. The van der Waals surface area contributed by atoms with Gasteiger partial charge in [0.2, 0.25) is 5.89 Å². The van der Waals surface area contributed by atoms with Crippen molar-refractivity contribution in [3.8, 4) is 0 Å². The molecular formula is C14H16BrN3OS. The summed E-state index contributed by atoms with van der Waals surface area (Å²) in [4.78, 5) is 5.62. The molecule has 20 heavy (non-hydrogen) atoms. The molecule has 0 radical (unpaired) electrons. The van der Waals surface area contributed by atoms with E-state index in [1.54, 1.807) is 11.8 Å². The molecule has 106 valence electrons. The summed E-state index contributed by atoms with van der Waals surface area (Å²) in [5.74, 6) is 2.23. The lowest BCUT2D eigenvalue weighted by atomic mass is 10.4. The monoisotopic (exact) mass is 353 g/mol. The average Bonchev–Trinajstić information content (AvgIpc) is 3.16. The maximum Gasteiger partial charge on any atom is 0.227 e. The van der Waals surface area contributed by atoms with Gasteiger partial charge in [-0.25, -0.2) is 0 Å². The molecule has 1 aliphatic carbocycles. The van der Waals surface area contributed by atoms with E-state index in [-0.39, 0.29) is 0 Å². The highest BCUT2D eigenvalue weighted by Gasteiger charge is 2.20. The molecule has 0 aliphatic heterocycles. The molecule has 1 heterocycles. The van der Waals surface area contributed by atoms with Crippen molar-refractivity contribution in [2.45, 2.75) is 36.0 Å². The second-order valence-electron chi connectivity index (χ2n) is 4.83. The summed E-state index contributed by atoms with van der Waals surface area (Å²) in [6.07, 6.45) is 3.42. The summed E-state index contributed by atoms with van der Waals surface area (Å²) < 4.78 is 6.34. The van der Waals surface area contributed by atoms with Crippen molar-refractivity contribution < 1.29 is 4.52 Å². The molecular weight excluding hydrogens is 338 g/mol. The maximum absolute atomic E-state index is 5.25. The first-order valence-electron chi connectivity index (χ1n) is 6.73. The zero-order valence-corrected chi connectivity index (χ0v) is 13.4. The van der Waals surface area contributed by atoms with E-state index in [1.165, 1.54) is 17.7 Å². The molecule has 6 heteroatoms. The van der Waals surface area contributed by atoms with E-state index in [1.807, 2.05) is 12.1 Å². The van der Waals surface area contributed by atoms with E-state index < -0.39 is 0 Å². The van der Waals surface area contributed by atoms with Gasteiger partial charge in [0.05, 0.1) is 5.75 Å². The molecule has 0 atom stereocenters. The molecule has 0 bridgehead atoms. The number of nitrogens with one attached hydrogen (secondary N) is 1. The van der Waals surface area contributed by atoms with E-state index in [2.05, 4.69) is 43.5 Å². The Hall–Kier alpha value is -0.850. The van der Waals surface area contributed by atoms with E-state index in [0.29, 0.717) is 0 Å². The van der Waals surface area contributed by atoms with Gasteiger partial charge in [0.15, 0.2) is 5.82 Å². The molecule has 1 aromatic carbocycles. The Labute approximate surface area is 130 Å². The van der Waals surface area contributed by atoms with Crippen LogP contribution in [0.4, 0.5) is 0 Å². The van der Waals surface area contributed by atoms with Crippen LogP contribution in [-0.2, 0) is 12.2 Å². The van der Waals surface area contributed by atoms with Crippen LogP contribution in [-0.4, -0.2) is 22.7 Å². The molecule has 1 saturated carbocycles. The molecule has 0 spiro atoms. The molecule has 1 fully saturated rings. The Morgan fingerprint density at radius 2 is 2.10 bits per heavy atom. The fourth-order valence-corrected chi connectivity index (χ4v) is 2.81. The number of halogens is 1. The van der Waals surface area contributed by atoms with Crippen LogP contribution in [0.3, 0.4) is 0 Å². The van der Waals surface area contributed by atoms with Crippen LogP contribution >= 0.6 is 27.7 Å². The van der Waals surface area contributed by atoms with Crippen LogP contribution in [0.2, 0.25) is 0 Å². The van der Waals surface area contributed by atoms with Crippen molar-refractivity contribution in [1.82, 2.24) is 15.5 Å². The van der Waals surface area contributed by atoms with Gasteiger partial charge >= 0.3 is 0 Å². The van der Waals surface area contributed by atoms with Gasteiger partial charge in [-0.2, -0.15) is 4.98 Å². The van der Waals surface area contributed by atoms with Crippen molar-refractivity contribution in [3.63, 3.8) is 0 Å². The summed E-state index contributed by atoms with van der Waals surface area (Å²) in [5.41, 5.74) is 0. The van der Waals surface area contributed by atoms with Gasteiger partial charge in [-0.05, 0) is 37.1 Å². The van der Waals surface area contributed by atoms with Crippen LogP contribution in [0.1, 0.15) is 24.6 Å². The quantitative estimate of drug-likeness (QED) is 0.772. The van der Waals surface area contributed by atoms with Crippen LogP contribution in [0, 0.1) is 0 Å². The number of hydrogen-bond donors (Lipinski definition) is 1. The minimum atomic E-state index is 0.726. The molecule has 1 aromatic heterocycles. The van der Waals surface area contributed by atoms with Crippen LogP contribution < -0.4 is 5.32 Å². The van der Waals surface area contributed by atoms with Gasteiger partial charge in [-0.3, -0.25) is 0 Å². The van der Waals surface area contributed by atoms with Gasteiger partial charge in [-0.1, -0.05) is 21.1 Å². The number of hydrogen-bond acceptors (Lipinski definition) is 5. The Bertz CT molecular complexity index is 554.